The molecule has 2 aromatic carbocycles. The molecule has 0 saturated carbocycles. The van der Waals surface area contributed by atoms with Crippen LogP contribution in [0.1, 0.15) is 30.2 Å². The summed E-state index contributed by atoms with van der Waals surface area (Å²) >= 11 is 0. The molecular weight excluding hydrogens is 356 g/mol. The van der Waals surface area contributed by atoms with E-state index in [1.807, 2.05) is 30.3 Å². The molecule has 3 rings (SSSR count). The number of anilines is 4. The molecule has 0 aliphatic heterocycles. The fourth-order valence-electron chi connectivity index (χ4n) is 3.02. The van der Waals surface area contributed by atoms with Gasteiger partial charge in [-0.25, -0.2) is 4.98 Å². The molecule has 0 radical (unpaired) electrons. The Bertz CT molecular complexity index is 881. The molecular formula is C22H27ClN4. The molecule has 0 atom stereocenters. The molecule has 0 unspecified atom stereocenters. The van der Waals surface area contributed by atoms with Crippen LogP contribution in [0.4, 0.5) is 23.1 Å². The number of aryl methyl sites for hydroxylation is 2. The number of benzene rings is 2. The Morgan fingerprint density at radius 3 is 2.26 bits per heavy atom. The predicted molar refractivity (Wildman–Crippen MR) is 117 cm³/mol. The van der Waals surface area contributed by atoms with Gasteiger partial charge in [0.05, 0.1) is 5.69 Å². The quantitative estimate of drug-likeness (QED) is 0.569. The van der Waals surface area contributed by atoms with Gasteiger partial charge >= 0.3 is 0 Å². The fourth-order valence-corrected chi connectivity index (χ4v) is 3.02. The summed E-state index contributed by atoms with van der Waals surface area (Å²) in [7, 11) is 2.05. The maximum absolute atomic E-state index is 4.83. The van der Waals surface area contributed by atoms with Crippen LogP contribution in [0.5, 0.6) is 0 Å². The predicted octanol–water partition coefficient (Wildman–Crippen LogP) is 5.98. The Morgan fingerprint density at radius 1 is 0.926 bits per heavy atom. The zero-order valence-corrected chi connectivity index (χ0v) is 17.2. The van der Waals surface area contributed by atoms with E-state index in [4.69, 9.17) is 9.97 Å². The van der Waals surface area contributed by atoms with E-state index < -0.39 is 0 Å². The van der Waals surface area contributed by atoms with E-state index in [2.05, 4.69) is 62.3 Å². The van der Waals surface area contributed by atoms with Gasteiger partial charge in [-0.15, -0.1) is 12.4 Å². The highest BCUT2D eigenvalue weighted by molar-refractivity contribution is 5.85. The largest absolute Gasteiger partial charge is 0.329 e. The highest BCUT2D eigenvalue weighted by Gasteiger charge is 2.15. The van der Waals surface area contributed by atoms with Crippen molar-refractivity contribution in [2.75, 3.05) is 17.3 Å². The van der Waals surface area contributed by atoms with Crippen LogP contribution in [0.2, 0.25) is 0 Å². The third-order valence-corrected chi connectivity index (χ3v) is 4.56. The van der Waals surface area contributed by atoms with Gasteiger partial charge in [-0.3, -0.25) is 0 Å². The zero-order chi connectivity index (χ0) is 18.5. The normalized spacial score (nSPS) is 10.2. The second-order valence-electron chi connectivity index (χ2n) is 6.53. The van der Waals surface area contributed by atoms with Gasteiger partial charge in [-0.1, -0.05) is 49.7 Å². The van der Waals surface area contributed by atoms with Gasteiger partial charge in [0.1, 0.15) is 5.82 Å². The number of nitrogens with one attached hydrogen (secondary N) is 1. The van der Waals surface area contributed by atoms with Crippen LogP contribution in [0.15, 0.2) is 54.6 Å². The third-order valence-electron chi connectivity index (χ3n) is 4.56. The van der Waals surface area contributed by atoms with E-state index in [1.165, 1.54) is 5.56 Å². The molecule has 27 heavy (non-hydrogen) atoms. The molecule has 3 aromatic rings. The van der Waals surface area contributed by atoms with Crippen molar-refractivity contribution < 1.29 is 0 Å². The van der Waals surface area contributed by atoms with Crippen LogP contribution < -0.4 is 10.2 Å². The second-order valence-corrected chi connectivity index (χ2v) is 6.53. The van der Waals surface area contributed by atoms with E-state index in [0.717, 1.165) is 41.3 Å². The summed E-state index contributed by atoms with van der Waals surface area (Å²) in [6.45, 7) is 6.37. The minimum atomic E-state index is 0. The van der Waals surface area contributed by atoms with Gasteiger partial charge in [-0.05, 0) is 44.0 Å². The lowest BCUT2D eigenvalue weighted by molar-refractivity contribution is 0.859. The van der Waals surface area contributed by atoms with E-state index in [9.17, 15) is 0 Å². The number of para-hydroxylation sites is 2. The maximum Gasteiger partial charge on any atom is 0.229 e. The van der Waals surface area contributed by atoms with Crippen LogP contribution in [0.25, 0.3) is 0 Å². The van der Waals surface area contributed by atoms with Crippen LogP contribution in [0.3, 0.4) is 0 Å². The van der Waals surface area contributed by atoms with Gasteiger partial charge in [0.25, 0.3) is 0 Å². The fraction of sp³-hybridized carbons (Fsp3) is 0.273. The summed E-state index contributed by atoms with van der Waals surface area (Å²) in [5.41, 5.74) is 5.54. The molecule has 0 amide bonds. The summed E-state index contributed by atoms with van der Waals surface area (Å²) < 4.78 is 0. The van der Waals surface area contributed by atoms with Crippen molar-refractivity contribution in [1.82, 2.24) is 9.97 Å². The summed E-state index contributed by atoms with van der Waals surface area (Å²) in [4.78, 5) is 11.7. The molecule has 4 nitrogen and oxygen atoms in total. The lowest BCUT2D eigenvalue weighted by Crippen LogP contribution is -2.16. The number of hydrogen-bond donors (Lipinski definition) is 1. The molecule has 0 aliphatic rings. The number of nitrogens with zero attached hydrogens (tertiary/aromatic N) is 3. The van der Waals surface area contributed by atoms with Crippen molar-refractivity contribution in [3.63, 3.8) is 0 Å². The number of aromatic nitrogens is 2. The van der Waals surface area contributed by atoms with Gasteiger partial charge in [0, 0.05) is 24.0 Å². The van der Waals surface area contributed by atoms with Crippen molar-refractivity contribution in [1.29, 1.82) is 0 Å². The minimum Gasteiger partial charge on any atom is -0.329 e. The number of hydrogen-bond acceptors (Lipinski definition) is 4. The molecule has 1 aromatic heterocycles. The lowest BCUT2D eigenvalue weighted by Gasteiger charge is -2.22. The number of rotatable bonds is 6. The average molecular weight is 383 g/mol. The van der Waals surface area contributed by atoms with Crippen molar-refractivity contribution in [3.05, 3.63) is 71.4 Å². The van der Waals surface area contributed by atoms with Gasteiger partial charge in [0.15, 0.2) is 0 Å². The van der Waals surface area contributed by atoms with Crippen molar-refractivity contribution >= 4 is 35.5 Å². The molecule has 0 saturated heterocycles. The lowest BCUT2D eigenvalue weighted by atomic mass is 10.1. The Labute approximate surface area is 168 Å². The molecule has 1 heterocycles. The molecule has 0 fully saturated rings. The van der Waals surface area contributed by atoms with Crippen LogP contribution in [0, 0.1) is 13.8 Å². The summed E-state index contributed by atoms with van der Waals surface area (Å²) in [5, 5.41) is 3.40. The van der Waals surface area contributed by atoms with Crippen molar-refractivity contribution in [3.8, 4) is 0 Å². The van der Waals surface area contributed by atoms with E-state index >= 15 is 0 Å². The first-order valence-corrected chi connectivity index (χ1v) is 9.09. The molecule has 0 bridgehead atoms. The Hall–Kier alpha value is -2.59. The first-order valence-electron chi connectivity index (χ1n) is 9.09. The maximum atomic E-state index is 4.83. The Balaban J connectivity index is 0.00000261. The van der Waals surface area contributed by atoms with E-state index in [1.54, 1.807) is 0 Å². The molecule has 0 spiro atoms. The monoisotopic (exact) mass is 382 g/mol. The second kappa shape index (κ2) is 9.38. The van der Waals surface area contributed by atoms with Crippen molar-refractivity contribution in [2.45, 2.75) is 33.6 Å². The summed E-state index contributed by atoms with van der Waals surface area (Å²) in [5.74, 6) is 1.58. The molecule has 5 heteroatoms. The minimum absolute atomic E-state index is 0. The molecule has 0 aliphatic carbocycles. The Kier molecular flexibility index (Phi) is 7.19. The zero-order valence-electron chi connectivity index (χ0n) is 16.4. The highest BCUT2D eigenvalue weighted by Crippen LogP contribution is 2.29. The third kappa shape index (κ3) is 4.77. The smallest absolute Gasteiger partial charge is 0.229 e. The van der Waals surface area contributed by atoms with Crippen molar-refractivity contribution in [2.24, 2.45) is 0 Å². The first kappa shape index (κ1) is 20.7. The van der Waals surface area contributed by atoms with E-state index in [-0.39, 0.29) is 12.4 Å². The average Bonchev–Trinajstić information content (AvgIpc) is 2.66. The van der Waals surface area contributed by atoms with E-state index in [0.29, 0.717) is 5.95 Å². The van der Waals surface area contributed by atoms with Gasteiger partial charge < -0.3 is 10.2 Å². The number of halogens is 1. The highest BCUT2D eigenvalue weighted by atomic mass is 35.5. The molecule has 142 valence electrons. The summed E-state index contributed by atoms with van der Waals surface area (Å²) in [6.07, 6.45) is 1.99. The van der Waals surface area contributed by atoms with Crippen LogP contribution >= 0.6 is 12.4 Å². The Morgan fingerprint density at radius 2 is 1.59 bits per heavy atom. The van der Waals surface area contributed by atoms with Crippen LogP contribution in [-0.4, -0.2) is 17.0 Å². The summed E-state index contributed by atoms with van der Waals surface area (Å²) in [6, 6.07) is 18.5. The first-order chi connectivity index (χ1) is 12.6. The standard InChI is InChI=1S/C22H26N4.ClH/c1-5-11-20-17(3)21(26(4)18-13-7-6-8-14-18)25-22(24-20)23-19-15-10-9-12-16(19)2;/h6-10,12-15H,5,11H2,1-4H3,(H,23,24,25);1H. The van der Waals surface area contributed by atoms with Gasteiger partial charge in [0.2, 0.25) is 5.95 Å². The SMILES string of the molecule is CCCc1nc(Nc2ccccc2C)nc(N(C)c2ccccc2)c1C.Cl. The topological polar surface area (TPSA) is 41.1 Å². The molecule has 1 N–H and O–H groups in total. The van der Waals surface area contributed by atoms with Crippen LogP contribution in [-0.2, 0) is 6.42 Å². The van der Waals surface area contributed by atoms with Gasteiger partial charge in [-0.2, -0.15) is 4.98 Å².